The van der Waals surface area contributed by atoms with E-state index in [0.29, 0.717) is 28.2 Å². The number of benzene rings is 1. The average molecular weight is 463 g/mol. The van der Waals surface area contributed by atoms with E-state index in [9.17, 15) is 9.59 Å². The lowest BCUT2D eigenvalue weighted by Gasteiger charge is -2.20. The third kappa shape index (κ3) is 4.16. The molecule has 3 aliphatic rings. The number of rotatable bonds is 4. The molecule has 0 saturated heterocycles. The van der Waals surface area contributed by atoms with Crippen LogP contribution in [0.4, 0.5) is 0 Å². The van der Waals surface area contributed by atoms with Gasteiger partial charge in [0.2, 0.25) is 5.17 Å². The van der Waals surface area contributed by atoms with Crippen molar-refractivity contribution < 1.29 is 18.7 Å². The van der Waals surface area contributed by atoms with Crippen LogP contribution in [0, 0.1) is 11.3 Å². The van der Waals surface area contributed by atoms with Crippen LogP contribution in [0.15, 0.2) is 56.5 Å². The Kier molecular flexibility index (Phi) is 5.72. The maximum atomic E-state index is 12.7. The van der Waals surface area contributed by atoms with Crippen molar-refractivity contribution in [1.82, 2.24) is 5.01 Å². The van der Waals surface area contributed by atoms with Crippen molar-refractivity contribution >= 4 is 45.8 Å². The summed E-state index contributed by atoms with van der Waals surface area (Å²) >= 11 is 1.40. The van der Waals surface area contributed by atoms with Gasteiger partial charge in [-0.1, -0.05) is 31.4 Å². The van der Waals surface area contributed by atoms with Crippen molar-refractivity contribution in [2.45, 2.75) is 32.1 Å². The number of methoxy groups -OCH3 is 1. The van der Waals surface area contributed by atoms with Crippen molar-refractivity contribution in [2.75, 3.05) is 7.11 Å². The molecule has 1 aliphatic carbocycles. The number of nitrogens with zero attached hydrogens (tertiary/aromatic N) is 3. The van der Waals surface area contributed by atoms with E-state index in [4.69, 9.17) is 14.6 Å². The molecule has 1 N–H and O–H groups in total. The van der Waals surface area contributed by atoms with Gasteiger partial charge >= 0.3 is 5.97 Å². The lowest BCUT2D eigenvalue weighted by atomic mass is 9.90. The predicted octanol–water partition coefficient (Wildman–Crippen LogP) is 4.93. The molecule has 0 unspecified atom stereocenters. The molecule has 1 aromatic carbocycles. The van der Waals surface area contributed by atoms with Gasteiger partial charge in [0.1, 0.15) is 16.6 Å². The van der Waals surface area contributed by atoms with Gasteiger partial charge in [0.05, 0.1) is 18.2 Å². The van der Waals surface area contributed by atoms with Crippen molar-refractivity contribution in [3.8, 4) is 11.3 Å². The second kappa shape index (κ2) is 8.82. The summed E-state index contributed by atoms with van der Waals surface area (Å²) in [5.74, 6) is 0.507. The normalized spacial score (nSPS) is 20.0. The molecule has 0 radical (unpaired) electrons. The SMILES string of the molecule is COC(=O)c1ccc(-c2ccc(C=C3C(=N)N4N=C(C5CCCCC5)SC4=NC3=O)o2)cc1. The van der Waals surface area contributed by atoms with E-state index in [1.807, 2.05) is 0 Å². The molecule has 1 amide bonds. The first kappa shape index (κ1) is 21.4. The summed E-state index contributed by atoms with van der Waals surface area (Å²) in [5.41, 5.74) is 1.35. The smallest absolute Gasteiger partial charge is 0.337 e. The van der Waals surface area contributed by atoms with Gasteiger partial charge in [-0.3, -0.25) is 10.2 Å². The number of carbonyl (C=O) groups is 2. The zero-order chi connectivity index (χ0) is 22.9. The van der Waals surface area contributed by atoms with E-state index in [1.54, 1.807) is 36.4 Å². The van der Waals surface area contributed by atoms with Gasteiger partial charge in [-0.2, -0.15) is 15.1 Å². The van der Waals surface area contributed by atoms with Gasteiger partial charge < -0.3 is 9.15 Å². The van der Waals surface area contributed by atoms with E-state index in [0.717, 1.165) is 23.4 Å². The van der Waals surface area contributed by atoms with Crippen LogP contribution < -0.4 is 0 Å². The maximum Gasteiger partial charge on any atom is 0.337 e. The number of aliphatic imine (C=N–C) groups is 1. The minimum atomic E-state index is -0.473. The van der Waals surface area contributed by atoms with E-state index < -0.39 is 11.9 Å². The summed E-state index contributed by atoms with van der Waals surface area (Å²) in [6.07, 6.45) is 7.32. The molecule has 0 spiro atoms. The molecule has 0 atom stereocenters. The molecule has 1 saturated carbocycles. The molecule has 2 aromatic rings. The Morgan fingerprint density at radius 2 is 1.94 bits per heavy atom. The molecule has 33 heavy (non-hydrogen) atoms. The van der Waals surface area contributed by atoms with Crippen molar-refractivity contribution in [1.29, 1.82) is 5.41 Å². The van der Waals surface area contributed by atoms with Gasteiger partial charge in [0.25, 0.3) is 5.91 Å². The Bertz CT molecular complexity index is 1220. The molecule has 8 nitrogen and oxygen atoms in total. The van der Waals surface area contributed by atoms with Gasteiger partial charge in [0, 0.05) is 11.5 Å². The Hall–Kier alpha value is -3.46. The average Bonchev–Trinajstić information content (AvgIpc) is 3.49. The van der Waals surface area contributed by atoms with E-state index >= 15 is 0 Å². The van der Waals surface area contributed by atoms with Crippen molar-refractivity contribution in [2.24, 2.45) is 16.0 Å². The maximum absolute atomic E-state index is 12.7. The highest BCUT2D eigenvalue weighted by molar-refractivity contribution is 8.27. The van der Waals surface area contributed by atoms with Crippen LogP contribution in [0.3, 0.4) is 0 Å². The fourth-order valence-corrected chi connectivity index (χ4v) is 5.20. The van der Waals surface area contributed by atoms with Crippen LogP contribution in [0.25, 0.3) is 17.4 Å². The van der Waals surface area contributed by atoms with Crippen LogP contribution in [-0.4, -0.2) is 40.0 Å². The summed E-state index contributed by atoms with van der Waals surface area (Å²) in [4.78, 5) is 28.4. The third-order valence-electron chi connectivity index (χ3n) is 5.93. The standard InChI is InChI=1S/C24H22N4O4S/c1-31-23(30)16-9-7-14(8-10-16)19-12-11-17(32-19)13-18-20(25)28-24(26-21(18)29)33-22(27-28)15-5-3-2-4-6-15/h7-13,15,25H,2-6H2,1H3. The molecule has 1 fully saturated rings. The van der Waals surface area contributed by atoms with Gasteiger partial charge in [-0.05, 0) is 54.9 Å². The number of hydrogen-bond acceptors (Lipinski definition) is 7. The number of esters is 1. The molecule has 2 aliphatic heterocycles. The Labute approximate surface area is 194 Å². The monoisotopic (exact) mass is 462 g/mol. The lowest BCUT2D eigenvalue weighted by molar-refractivity contribution is -0.114. The second-order valence-corrected chi connectivity index (χ2v) is 9.05. The number of hydrogen-bond donors (Lipinski definition) is 1. The highest BCUT2D eigenvalue weighted by Crippen LogP contribution is 2.36. The summed E-state index contributed by atoms with van der Waals surface area (Å²) in [6.45, 7) is 0. The molecule has 1 aromatic heterocycles. The molecule has 5 rings (SSSR count). The minimum absolute atomic E-state index is 0.00342. The van der Waals surface area contributed by atoms with E-state index in [-0.39, 0.29) is 11.4 Å². The largest absolute Gasteiger partial charge is 0.465 e. The van der Waals surface area contributed by atoms with Crippen LogP contribution in [0.2, 0.25) is 0 Å². The fraction of sp³-hybridized carbons (Fsp3) is 0.292. The predicted molar refractivity (Wildman–Crippen MR) is 127 cm³/mol. The minimum Gasteiger partial charge on any atom is -0.465 e. The number of amidine groups is 2. The highest BCUT2D eigenvalue weighted by atomic mass is 32.2. The highest BCUT2D eigenvalue weighted by Gasteiger charge is 2.38. The molecular formula is C24H22N4O4S. The summed E-state index contributed by atoms with van der Waals surface area (Å²) in [7, 11) is 1.34. The van der Waals surface area contributed by atoms with E-state index in [1.165, 1.54) is 49.2 Å². The first-order valence-electron chi connectivity index (χ1n) is 10.8. The number of ether oxygens (including phenoxy) is 1. The summed E-state index contributed by atoms with van der Waals surface area (Å²) in [5, 5.41) is 16.0. The number of carbonyl (C=O) groups excluding carboxylic acids is 2. The zero-order valence-electron chi connectivity index (χ0n) is 18.0. The first-order chi connectivity index (χ1) is 16.0. The van der Waals surface area contributed by atoms with Crippen LogP contribution in [0.1, 0.15) is 48.2 Å². The number of fused-ring (bicyclic) bond motifs is 1. The Balaban J connectivity index is 1.36. The molecule has 0 bridgehead atoms. The number of hydrazone groups is 1. The molecule has 3 heterocycles. The van der Waals surface area contributed by atoms with Gasteiger partial charge in [-0.15, -0.1) is 0 Å². The number of amides is 1. The molecule has 168 valence electrons. The number of nitrogens with one attached hydrogen (secondary N) is 1. The fourth-order valence-electron chi connectivity index (χ4n) is 4.14. The van der Waals surface area contributed by atoms with Crippen molar-refractivity contribution in [3.05, 3.63) is 53.3 Å². The number of furan rings is 1. The molecular weight excluding hydrogens is 440 g/mol. The summed E-state index contributed by atoms with van der Waals surface area (Å²) < 4.78 is 10.6. The summed E-state index contributed by atoms with van der Waals surface area (Å²) in [6, 6.07) is 10.3. The Morgan fingerprint density at radius 1 is 1.18 bits per heavy atom. The van der Waals surface area contributed by atoms with Crippen LogP contribution >= 0.6 is 11.8 Å². The Morgan fingerprint density at radius 3 is 2.67 bits per heavy atom. The number of thioether (sulfide) groups is 1. The topological polar surface area (TPSA) is 108 Å². The van der Waals surface area contributed by atoms with Crippen molar-refractivity contribution in [3.63, 3.8) is 0 Å². The first-order valence-corrected chi connectivity index (χ1v) is 11.6. The lowest BCUT2D eigenvalue weighted by Crippen LogP contribution is -2.35. The van der Waals surface area contributed by atoms with Crippen LogP contribution in [-0.2, 0) is 9.53 Å². The third-order valence-corrected chi connectivity index (χ3v) is 7.00. The quantitative estimate of drug-likeness (QED) is 0.510. The zero-order valence-corrected chi connectivity index (χ0v) is 18.9. The van der Waals surface area contributed by atoms with Gasteiger partial charge in [-0.25, -0.2) is 4.79 Å². The van der Waals surface area contributed by atoms with Crippen LogP contribution in [0.5, 0.6) is 0 Å². The second-order valence-electron chi connectivity index (χ2n) is 8.06. The molecule has 9 heteroatoms. The van der Waals surface area contributed by atoms with E-state index in [2.05, 4.69) is 10.1 Å². The van der Waals surface area contributed by atoms with Gasteiger partial charge in [0.15, 0.2) is 5.84 Å².